The highest BCUT2D eigenvalue weighted by molar-refractivity contribution is 7.84. The molecule has 0 aliphatic carbocycles. The van der Waals surface area contributed by atoms with E-state index in [0.29, 0.717) is 10.6 Å². The molecule has 2 aromatic rings. The zero-order valence-electron chi connectivity index (χ0n) is 11.9. The number of ketones is 1. The topological polar surface area (TPSA) is 129 Å². The molecule has 6 N–H and O–H groups in total. The van der Waals surface area contributed by atoms with Gasteiger partial charge >= 0.3 is 16.0 Å². The van der Waals surface area contributed by atoms with Gasteiger partial charge in [-0.2, -0.15) is 12.8 Å². The first kappa shape index (κ1) is 16.7. The molecule has 1 aromatic carbocycles. The third-order valence-electron chi connectivity index (χ3n) is 2.67. The molecule has 0 bridgehead atoms. The van der Waals surface area contributed by atoms with E-state index in [9.17, 15) is 13.2 Å². The molecule has 0 spiro atoms. The number of nitrogens with one attached hydrogen (secondary N) is 2. The number of benzene rings is 1. The number of nitrogens with two attached hydrogens (primary N) is 2. The number of guanidine groups is 1. The summed E-state index contributed by atoms with van der Waals surface area (Å²) in [6.07, 6.45) is 2.90. The van der Waals surface area contributed by atoms with Crippen LogP contribution in [0.15, 0.2) is 58.9 Å². The third-order valence-corrected chi connectivity index (χ3v) is 4.95. The van der Waals surface area contributed by atoms with Crippen molar-refractivity contribution in [3.8, 4) is 0 Å². The Kier molecular flexibility index (Phi) is 5.14. The van der Waals surface area contributed by atoms with Crippen molar-refractivity contribution < 1.29 is 17.6 Å². The van der Waals surface area contributed by atoms with Gasteiger partial charge in [0.15, 0.2) is 5.78 Å². The predicted octanol–water partition coefficient (Wildman–Crippen LogP) is -0.401. The lowest BCUT2D eigenvalue weighted by atomic mass is 10.3. The fraction of sp³-hybridized carbons (Fsp3) is 0. The zero-order valence-corrected chi connectivity index (χ0v) is 13.5. The fourth-order valence-electron chi connectivity index (χ4n) is 1.66. The Labute approximate surface area is 137 Å². The van der Waals surface area contributed by atoms with Crippen molar-refractivity contribution in [1.29, 1.82) is 0 Å². The highest BCUT2D eigenvalue weighted by Gasteiger charge is 2.14. The van der Waals surface area contributed by atoms with Gasteiger partial charge in [0.1, 0.15) is 4.90 Å². The van der Waals surface area contributed by atoms with Crippen LogP contribution in [0.3, 0.4) is 0 Å². The highest BCUT2D eigenvalue weighted by atomic mass is 32.2. The van der Waals surface area contributed by atoms with Crippen molar-refractivity contribution >= 4 is 38.8 Å². The summed E-state index contributed by atoms with van der Waals surface area (Å²) in [5.74, 6) is -0.507. The van der Waals surface area contributed by atoms with E-state index in [2.05, 4.69) is 5.32 Å². The largest absolute Gasteiger partial charge is 0.362 e. The van der Waals surface area contributed by atoms with Gasteiger partial charge in [-0.05, 0) is 35.7 Å². The Bertz CT molecular complexity index is 835. The van der Waals surface area contributed by atoms with E-state index in [1.165, 1.54) is 35.7 Å². The Balaban J connectivity index is 2.03. The fourth-order valence-corrected chi connectivity index (χ4v) is 3.23. The molecule has 0 aliphatic rings. The lowest BCUT2D eigenvalue weighted by Gasteiger charge is -2.02. The molecular weight excluding hydrogens is 336 g/mol. The number of hydrogen-bond acceptors (Lipinski definition) is 5. The van der Waals surface area contributed by atoms with Gasteiger partial charge < -0.3 is 5.32 Å². The summed E-state index contributed by atoms with van der Waals surface area (Å²) in [6.45, 7) is 0. The number of allylic oxidation sites excluding steroid dienone is 1. The molecule has 0 radical (unpaired) electrons. The van der Waals surface area contributed by atoms with Crippen LogP contribution < -0.4 is 21.2 Å². The van der Waals surface area contributed by atoms with Crippen LogP contribution in [-0.2, 0) is 10.0 Å². The van der Waals surface area contributed by atoms with Crippen molar-refractivity contribution in [3.63, 3.8) is 0 Å². The molecule has 0 fully saturated rings. The first-order valence-electron chi connectivity index (χ1n) is 6.40. The standard InChI is InChI=1S/C14H14N4O3S2/c15-14(16)18-23(20,21)11-5-3-10(4-6-11)17-8-7-12(19)13-2-1-9-22-13/h1-9,17H,(H4,15,16,18)/p+1/b8-7+. The van der Waals surface area contributed by atoms with Gasteiger partial charge in [0.2, 0.25) is 0 Å². The number of thiophene rings is 1. The molecule has 0 amide bonds. The van der Waals surface area contributed by atoms with Crippen LogP contribution in [0.1, 0.15) is 9.67 Å². The molecule has 7 nitrogen and oxygen atoms in total. The molecule has 0 saturated carbocycles. The van der Waals surface area contributed by atoms with E-state index >= 15 is 0 Å². The van der Waals surface area contributed by atoms with Crippen LogP contribution in [0.2, 0.25) is 0 Å². The molecule has 0 saturated heterocycles. The number of sulfonamides is 1. The molecule has 0 unspecified atom stereocenters. The van der Waals surface area contributed by atoms with Gasteiger partial charge in [-0.25, -0.2) is 0 Å². The van der Waals surface area contributed by atoms with E-state index in [4.69, 9.17) is 11.5 Å². The monoisotopic (exact) mass is 351 g/mol. The summed E-state index contributed by atoms with van der Waals surface area (Å²) in [7, 11) is -3.78. The number of carbonyl (C=O) groups is 1. The Morgan fingerprint density at radius 3 is 2.43 bits per heavy atom. The summed E-state index contributed by atoms with van der Waals surface area (Å²) < 4.78 is 25.6. The minimum atomic E-state index is -3.78. The Morgan fingerprint density at radius 2 is 1.87 bits per heavy atom. The van der Waals surface area contributed by atoms with Crippen molar-refractivity contribution in [1.82, 2.24) is 0 Å². The smallest absolute Gasteiger partial charge is 0.353 e. The molecule has 120 valence electrons. The normalized spacial score (nSPS) is 11.3. The van der Waals surface area contributed by atoms with Crippen LogP contribution in [0.5, 0.6) is 0 Å². The van der Waals surface area contributed by atoms with Crippen LogP contribution in [-0.4, -0.2) is 20.2 Å². The average molecular weight is 351 g/mol. The summed E-state index contributed by atoms with van der Waals surface area (Å²) >= 11 is 1.36. The second-order valence-electron chi connectivity index (χ2n) is 4.40. The first-order valence-corrected chi connectivity index (χ1v) is 8.76. The van der Waals surface area contributed by atoms with E-state index in [1.807, 2.05) is 9.78 Å². The van der Waals surface area contributed by atoms with Gasteiger partial charge in [-0.15, -0.1) is 11.3 Å². The summed E-state index contributed by atoms with van der Waals surface area (Å²) in [6, 6.07) is 9.44. The van der Waals surface area contributed by atoms with Crippen LogP contribution in [0, 0.1) is 0 Å². The summed E-state index contributed by atoms with van der Waals surface area (Å²) in [4.78, 5) is 12.4. The third kappa shape index (κ3) is 4.66. The van der Waals surface area contributed by atoms with Crippen molar-refractivity contribution in [2.75, 3.05) is 5.32 Å². The highest BCUT2D eigenvalue weighted by Crippen LogP contribution is 2.13. The quantitative estimate of drug-likeness (QED) is 0.242. The van der Waals surface area contributed by atoms with Gasteiger partial charge in [-0.3, -0.25) is 16.3 Å². The molecule has 0 atom stereocenters. The Morgan fingerprint density at radius 1 is 1.17 bits per heavy atom. The lowest BCUT2D eigenvalue weighted by molar-refractivity contribution is -0.270. The number of hydrogen-bond donors (Lipinski definition) is 4. The lowest BCUT2D eigenvalue weighted by Crippen LogP contribution is -2.80. The molecule has 9 heteroatoms. The second kappa shape index (κ2) is 7.07. The summed E-state index contributed by atoms with van der Waals surface area (Å²) in [5, 5.41) is 4.72. The van der Waals surface area contributed by atoms with Crippen LogP contribution in [0.25, 0.3) is 0 Å². The zero-order chi connectivity index (χ0) is 16.9. The molecule has 2 rings (SSSR count). The number of rotatable bonds is 6. The SMILES string of the molecule is NC(N)=[NH+]S(=O)(=O)c1ccc(N/C=C/C(=O)c2cccs2)cc1. The van der Waals surface area contributed by atoms with E-state index in [-0.39, 0.29) is 10.7 Å². The van der Waals surface area contributed by atoms with Crippen molar-refractivity contribution in [2.45, 2.75) is 4.90 Å². The molecular formula is C14H15N4O3S2+. The minimum Gasteiger partial charge on any atom is -0.362 e. The predicted molar refractivity (Wildman–Crippen MR) is 89.4 cm³/mol. The van der Waals surface area contributed by atoms with Crippen LogP contribution in [0.4, 0.5) is 5.69 Å². The van der Waals surface area contributed by atoms with Gasteiger partial charge in [0.05, 0.1) is 4.88 Å². The van der Waals surface area contributed by atoms with Crippen molar-refractivity contribution in [2.24, 2.45) is 11.5 Å². The van der Waals surface area contributed by atoms with E-state index < -0.39 is 16.0 Å². The van der Waals surface area contributed by atoms with E-state index in [0.717, 1.165) is 0 Å². The van der Waals surface area contributed by atoms with Gasteiger partial charge in [0, 0.05) is 18.0 Å². The van der Waals surface area contributed by atoms with E-state index in [1.54, 1.807) is 24.3 Å². The molecule has 0 aliphatic heterocycles. The van der Waals surface area contributed by atoms with Gasteiger partial charge in [-0.1, -0.05) is 6.07 Å². The minimum absolute atomic E-state index is 0.0232. The second-order valence-corrected chi connectivity index (χ2v) is 7.03. The van der Waals surface area contributed by atoms with Crippen molar-refractivity contribution in [3.05, 3.63) is 58.9 Å². The molecule has 1 aromatic heterocycles. The van der Waals surface area contributed by atoms with Crippen LogP contribution >= 0.6 is 11.3 Å². The summed E-state index contributed by atoms with van der Waals surface area (Å²) in [5.41, 5.74) is 10.9. The number of anilines is 1. The maximum Gasteiger partial charge on any atom is 0.353 e. The number of carbonyl (C=O) groups excluding carboxylic acids is 1. The Hall–Kier alpha value is -2.65. The molecule has 23 heavy (non-hydrogen) atoms. The average Bonchev–Trinajstić information content (AvgIpc) is 3.00. The maximum absolute atomic E-state index is 11.8. The van der Waals surface area contributed by atoms with Gasteiger partial charge in [0.25, 0.3) is 0 Å². The first-order chi connectivity index (χ1) is 10.9. The maximum atomic E-state index is 11.8. The molecule has 1 heterocycles.